The van der Waals surface area contributed by atoms with E-state index in [2.05, 4.69) is 26.1 Å². The normalized spacial score (nSPS) is 11.8. The topological polar surface area (TPSA) is 76.3 Å². The average Bonchev–Trinajstić information content (AvgIpc) is 3.04. The minimum atomic E-state index is -3.42. The molecule has 25 heavy (non-hydrogen) atoms. The highest BCUT2D eigenvalue weighted by Gasteiger charge is 2.21. The molecular weight excluding hydrogens is 406 g/mol. The zero-order valence-corrected chi connectivity index (χ0v) is 15.9. The van der Waals surface area contributed by atoms with E-state index in [0.717, 1.165) is 15.6 Å². The fourth-order valence-electron chi connectivity index (χ4n) is 2.26. The van der Waals surface area contributed by atoms with E-state index in [1.165, 1.54) is 10.6 Å². The molecule has 130 valence electrons. The van der Waals surface area contributed by atoms with Crippen LogP contribution in [0.1, 0.15) is 11.5 Å². The molecule has 0 fully saturated rings. The molecule has 3 aromatic rings. The van der Waals surface area contributed by atoms with E-state index in [1.54, 1.807) is 0 Å². The highest BCUT2D eigenvalue weighted by atomic mass is 79.9. The van der Waals surface area contributed by atoms with Crippen molar-refractivity contribution in [1.29, 1.82) is 0 Å². The molecule has 1 heterocycles. The molecule has 6 nitrogen and oxygen atoms in total. The van der Waals surface area contributed by atoms with Crippen molar-refractivity contribution >= 4 is 26.0 Å². The smallest absolute Gasteiger partial charge is 0.242 e. The van der Waals surface area contributed by atoms with E-state index >= 15 is 0 Å². The molecule has 0 aliphatic rings. The summed E-state index contributed by atoms with van der Waals surface area (Å²) in [6.07, 6.45) is 1.17. The number of rotatable bonds is 6. The maximum absolute atomic E-state index is 12.1. The first kappa shape index (κ1) is 17.8. The monoisotopic (exact) mass is 421 g/mol. The molecular formula is C17H16BrN3O3S. The first-order valence-corrected chi connectivity index (χ1v) is 10.1. The molecule has 0 N–H and O–H groups in total. The van der Waals surface area contributed by atoms with E-state index in [1.807, 2.05) is 54.6 Å². The van der Waals surface area contributed by atoms with Gasteiger partial charge in [0.25, 0.3) is 0 Å². The predicted molar refractivity (Wildman–Crippen MR) is 98.0 cm³/mol. The summed E-state index contributed by atoms with van der Waals surface area (Å²) in [7, 11) is -3.42. The molecule has 0 unspecified atom stereocenters. The van der Waals surface area contributed by atoms with Crippen molar-refractivity contribution in [3.63, 3.8) is 0 Å². The van der Waals surface area contributed by atoms with Crippen molar-refractivity contribution in [2.24, 2.45) is 0 Å². The van der Waals surface area contributed by atoms with Gasteiger partial charge in [0.15, 0.2) is 0 Å². The standard InChI is InChI=1S/C17H16BrN3O3S/c1-25(22,23)21(11-13-5-3-2-4-6-13)12-16-19-17(20-24-16)14-7-9-15(18)10-8-14/h2-10H,11-12H2,1H3. The van der Waals surface area contributed by atoms with Gasteiger partial charge in [-0.2, -0.15) is 9.29 Å². The van der Waals surface area contributed by atoms with Crippen molar-refractivity contribution in [2.45, 2.75) is 13.1 Å². The van der Waals surface area contributed by atoms with Crippen LogP contribution in [-0.2, 0) is 23.1 Å². The fraction of sp³-hybridized carbons (Fsp3) is 0.176. The van der Waals surface area contributed by atoms with Crippen LogP contribution in [0.25, 0.3) is 11.4 Å². The molecule has 0 aliphatic carbocycles. The minimum Gasteiger partial charge on any atom is -0.338 e. The van der Waals surface area contributed by atoms with Crippen molar-refractivity contribution in [3.8, 4) is 11.4 Å². The van der Waals surface area contributed by atoms with Crippen LogP contribution in [0.5, 0.6) is 0 Å². The molecule has 1 aromatic heterocycles. The molecule has 0 spiro atoms. The molecule has 0 atom stereocenters. The summed E-state index contributed by atoms with van der Waals surface area (Å²) in [5, 5.41) is 3.94. The Hall–Kier alpha value is -2.03. The lowest BCUT2D eigenvalue weighted by Crippen LogP contribution is -2.29. The lowest BCUT2D eigenvalue weighted by atomic mass is 10.2. The Bertz CT molecular complexity index is 941. The van der Waals surface area contributed by atoms with Gasteiger partial charge in [0, 0.05) is 16.6 Å². The van der Waals surface area contributed by atoms with Gasteiger partial charge in [-0.1, -0.05) is 51.4 Å². The number of hydrogen-bond donors (Lipinski definition) is 0. The fourth-order valence-corrected chi connectivity index (χ4v) is 3.26. The summed E-state index contributed by atoms with van der Waals surface area (Å²) < 4.78 is 31.7. The Balaban J connectivity index is 1.79. The molecule has 8 heteroatoms. The third kappa shape index (κ3) is 4.75. The van der Waals surface area contributed by atoms with Crippen molar-refractivity contribution < 1.29 is 12.9 Å². The van der Waals surface area contributed by atoms with Crippen LogP contribution >= 0.6 is 15.9 Å². The van der Waals surface area contributed by atoms with Gasteiger partial charge in [-0.05, 0) is 29.8 Å². The van der Waals surface area contributed by atoms with E-state index in [0.29, 0.717) is 5.82 Å². The lowest BCUT2D eigenvalue weighted by Gasteiger charge is -2.17. The Morgan fingerprint density at radius 3 is 2.36 bits per heavy atom. The van der Waals surface area contributed by atoms with Crippen molar-refractivity contribution in [3.05, 3.63) is 70.5 Å². The van der Waals surface area contributed by atoms with Gasteiger partial charge >= 0.3 is 0 Å². The highest BCUT2D eigenvalue weighted by molar-refractivity contribution is 9.10. The summed E-state index contributed by atoms with van der Waals surface area (Å²) >= 11 is 3.37. The van der Waals surface area contributed by atoms with Crippen LogP contribution in [0.2, 0.25) is 0 Å². The lowest BCUT2D eigenvalue weighted by molar-refractivity contribution is 0.313. The second-order valence-corrected chi connectivity index (χ2v) is 8.43. The first-order chi connectivity index (χ1) is 11.9. The van der Waals surface area contributed by atoms with Gasteiger partial charge < -0.3 is 4.52 Å². The summed E-state index contributed by atoms with van der Waals surface area (Å²) in [5.74, 6) is 0.676. The van der Waals surface area contributed by atoms with Crippen LogP contribution in [0.3, 0.4) is 0 Å². The Kier molecular flexibility index (Phi) is 5.31. The number of aromatic nitrogens is 2. The Morgan fingerprint density at radius 1 is 1.04 bits per heavy atom. The van der Waals surface area contributed by atoms with Crippen molar-refractivity contribution in [2.75, 3.05) is 6.26 Å². The van der Waals surface area contributed by atoms with Gasteiger partial charge in [-0.3, -0.25) is 0 Å². The maximum Gasteiger partial charge on any atom is 0.242 e. The molecule has 2 aromatic carbocycles. The van der Waals surface area contributed by atoms with Crippen LogP contribution in [0.4, 0.5) is 0 Å². The highest BCUT2D eigenvalue weighted by Crippen LogP contribution is 2.20. The molecule has 0 bridgehead atoms. The number of halogens is 1. The van der Waals surface area contributed by atoms with Crippen LogP contribution < -0.4 is 0 Å². The van der Waals surface area contributed by atoms with Gasteiger partial charge in [-0.25, -0.2) is 8.42 Å². The predicted octanol–water partition coefficient (Wildman–Crippen LogP) is 3.46. The number of hydrogen-bond acceptors (Lipinski definition) is 5. The molecule has 0 aliphatic heterocycles. The van der Waals surface area contributed by atoms with Crippen molar-refractivity contribution in [1.82, 2.24) is 14.4 Å². The first-order valence-electron chi connectivity index (χ1n) is 7.49. The second kappa shape index (κ2) is 7.47. The van der Waals surface area contributed by atoms with E-state index < -0.39 is 10.0 Å². The van der Waals surface area contributed by atoms with Gasteiger partial charge in [0.2, 0.25) is 21.7 Å². The third-order valence-electron chi connectivity index (χ3n) is 3.55. The second-order valence-electron chi connectivity index (χ2n) is 5.54. The van der Waals surface area contributed by atoms with E-state index in [4.69, 9.17) is 4.52 Å². The van der Waals surface area contributed by atoms with Crippen LogP contribution in [-0.4, -0.2) is 29.1 Å². The van der Waals surface area contributed by atoms with E-state index in [-0.39, 0.29) is 19.0 Å². The maximum atomic E-state index is 12.1. The number of benzene rings is 2. The Morgan fingerprint density at radius 2 is 1.72 bits per heavy atom. The minimum absolute atomic E-state index is 0.0251. The average molecular weight is 422 g/mol. The molecule has 0 radical (unpaired) electrons. The molecule has 0 saturated carbocycles. The Labute approximate surface area is 154 Å². The van der Waals surface area contributed by atoms with Crippen LogP contribution in [0.15, 0.2) is 63.6 Å². The number of nitrogens with zero attached hydrogens (tertiary/aromatic N) is 3. The molecule has 3 rings (SSSR count). The molecule has 0 saturated heterocycles. The quantitative estimate of drug-likeness (QED) is 0.608. The zero-order chi connectivity index (χ0) is 17.9. The van der Waals surface area contributed by atoms with Crippen LogP contribution in [0, 0.1) is 0 Å². The van der Waals surface area contributed by atoms with Gasteiger partial charge in [0.05, 0.1) is 12.8 Å². The SMILES string of the molecule is CS(=O)(=O)N(Cc1ccccc1)Cc1nc(-c2ccc(Br)cc2)no1. The van der Waals surface area contributed by atoms with E-state index in [9.17, 15) is 8.42 Å². The van der Waals surface area contributed by atoms with Gasteiger partial charge in [0.1, 0.15) is 0 Å². The largest absolute Gasteiger partial charge is 0.338 e. The molecule has 0 amide bonds. The zero-order valence-electron chi connectivity index (χ0n) is 13.5. The summed E-state index contributed by atoms with van der Waals surface area (Å²) in [4.78, 5) is 4.31. The third-order valence-corrected chi connectivity index (χ3v) is 5.28. The summed E-state index contributed by atoms with van der Waals surface area (Å²) in [6, 6.07) is 16.8. The summed E-state index contributed by atoms with van der Waals surface area (Å²) in [5.41, 5.74) is 1.69. The number of sulfonamides is 1. The van der Waals surface area contributed by atoms with Gasteiger partial charge in [-0.15, -0.1) is 0 Å². The summed E-state index contributed by atoms with van der Waals surface area (Å²) in [6.45, 7) is 0.271.